The van der Waals surface area contributed by atoms with Gasteiger partial charge in [-0.05, 0) is 82.9 Å². The molecule has 4 heteroatoms. The molecule has 0 amide bonds. The Balaban J connectivity index is 1.43. The Morgan fingerprint density at radius 2 is 1.58 bits per heavy atom. The Morgan fingerprint density at radius 3 is 2.12 bits per heavy atom. The second-order valence-electron chi connectivity index (χ2n) is 8.90. The molecule has 1 aromatic heterocycles. The van der Waals surface area contributed by atoms with E-state index in [1.54, 1.807) is 0 Å². The summed E-state index contributed by atoms with van der Waals surface area (Å²) in [4.78, 5) is 11.9. The highest BCUT2D eigenvalue weighted by Gasteiger charge is 2.29. The van der Waals surface area contributed by atoms with Crippen molar-refractivity contribution in [3.05, 3.63) is 23.8 Å². The predicted octanol–water partition coefficient (Wildman–Crippen LogP) is 4.76. The monoisotopic (exact) mass is 359 g/mol. The number of aromatic nitrogens is 2. The Morgan fingerprint density at radius 1 is 0.962 bits per heavy atom. The second-order valence-corrected chi connectivity index (χ2v) is 8.90. The first kappa shape index (κ1) is 19.8. The molecule has 1 aliphatic carbocycles. The van der Waals surface area contributed by atoms with Crippen LogP contribution in [0, 0.1) is 5.92 Å². The largest absolute Gasteiger partial charge is 0.379 e. The van der Waals surface area contributed by atoms with Crippen LogP contribution in [0.15, 0.2) is 12.4 Å². The van der Waals surface area contributed by atoms with Crippen LogP contribution in [0.5, 0.6) is 0 Å². The number of nitrogens with zero attached hydrogens (tertiary/aromatic N) is 3. The third-order valence-electron chi connectivity index (χ3n) is 6.21. The fraction of sp³-hybridized carbons (Fsp3) is 0.818. The van der Waals surface area contributed by atoms with E-state index in [0.717, 1.165) is 24.4 Å². The van der Waals surface area contributed by atoms with Crippen LogP contribution in [0.25, 0.3) is 0 Å². The van der Waals surface area contributed by atoms with Crippen LogP contribution in [0.2, 0.25) is 0 Å². The third-order valence-corrected chi connectivity index (χ3v) is 6.21. The topological polar surface area (TPSA) is 38.2 Å². The van der Waals surface area contributed by atoms with Crippen molar-refractivity contribution in [2.75, 3.05) is 19.7 Å². The summed E-state index contributed by atoms with van der Waals surface area (Å²) in [6.45, 7) is 12.0. The lowest BCUT2D eigenvalue weighted by atomic mass is 9.81. The summed E-state index contributed by atoms with van der Waals surface area (Å²) in [5.74, 6) is 2.80. The molecule has 1 saturated heterocycles. The predicted molar refractivity (Wildman–Crippen MR) is 107 cm³/mol. The summed E-state index contributed by atoms with van der Waals surface area (Å²) in [6, 6.07) is 0.786. The summed E-state index contributed by atoms with van der Waals surface area (Å²) in [6.07, 6.45) is 12.3. The highest BCUT2D eigenvalue weighted by Crippen LogP contribution is 2.35. The number of piperidine rings is 1. The van der Waals surface area contributed by atoms with Gasteiger partial charge < -0.3 is 9.64 Å². The molecule has 0 unspecified atom stereocenters. The van der Waals surface area contributed by atoms with Crippen molar-refractivity contribution in [1.29, 1.82) is 0 Å². The van der Waals surface area contributed by atoms with Gasteiger partial charge in [-0.3, -0.25) is 0 Å². The zero-order valence-corrected chi connectivity index (χ0v) is 17.2. The van der Waals surface area contributed by atoms with Gasteiger partial charge in [0.1, 0.15) is 5.82 Å². The molecule has 0 N–H and O–H groups in total. The van der Waals surface area contributed by atoms with Gasteiger partial charge in [0.2, 0.25) is 0 Å². The Kier molecular flexibility index (Phi) is 7.05. The Labute approximate surface area is 159 Å². The first-order valence-corrected chi connectivity index (χ1v) is 10.7. The van der Waals surface area contributed by atoms with Crippen LogP contribution in [-0.4, -0.2) is 46.7 Å². The molecular formula is C22H37N3O. The van der Waals surface area contributed by atoms with Crippen LogP contribution in [-0.2, 0) is 4.74 Å². The quantitative estimate of drug-likeness (QED) is 0.734. The third kappa shape index (κ3) is 5.26. The van der Waals surface area contributed by atoms with E-state index in [1.165, 1.54) is 57.2 Å². The molecule has 0 bridgehead atoms. The molecule has 4 nitrogen and oxygen atoms in total. The first-order chi connectivity index (χ1) is 12.5. The smallest absolute Gasteiger partial charge is 0.130 e. The van der Waals surface area contributed by atoms with E-state index in [1.807, 2.05) is 0 Å². The minimum Gasteiger partial charge on any atom is -0.379 e. The molecule has 26 heavy (non-hydrogen) atoms. The van der Waals surface area contributed by atoms with Crippen molar-refractivity contribution < 1.29 is 4.74 Å². The van der Waals surface area contributed by atoms with Gasteiger partial charge in [-0.25, -0.2) is 9.97 Å². The van der Waals surface area contributed by atoms with Gasteiger partial charge in [0.25, 0.3) is 0 Å². The van der Waals surface area contributed by atoms with Gasteiger partial charge in [-0.2, -0.15) is 0 Å². The normalized spacial score (nSPS) is 25.9. The second kappa shape index (κ2) is 9.27. The maximum absolute atomic E-state index is 5.82. The molecule has 146 valence electrons. The number of hydrogen-bond donors (Lipinski definition) is 0. The molecular weight excluding hydrogens is 322 g/mol. The van der Waals surface area contributed by atoms with E-state index in [9.17, 15) is 0 Å². The molecule has 0 radical (unpaired) electrons. The first-order valence-electron chi connectivity index (χ1n) is 10.7. The molecule has 2 aliphatic rings. The average molecular weight is 360 g/mol. The van der Waals surface area contributed by atoms with Gasteiger partial charge in [-0.1, -0.05) is 13.8 Å². The maximum atomic E-state index is 5.82. The zero-order valence-electron chi connectivity index (χ0n) is 17.2. The van der Waals surface area contributed by atoms with E-state index in [0.29, 0.717) is 17.9 Å². The van der Waals surface area contributed by atoms with Gasteiger partial charge in [0.15, 0.2) is 0 Å². The van der Waals surface area contributed by atoms with E-state index in [4.69, 9.17) is 4.74 Å². The summed E-state index contributed by atoms with van der Waals surface area (Å²) in [5.41, 5.74) is 1.34. The summed E-state index contributed by atoms with van der Waals surface area (Å²) in [7, 11) is 0. The number of hydrogen-bond acceptors (Lipinski definition) is 4. The van der Waals surface area contributed by atoms with Crippen molar-refractivity contribution >= 4 is 0 Å². The van der Waals surface area contributed by atoms with Gasteiger partial charge in [0, 0.05) is 31.0 Å². The van der Waals surface area contributed by atoms with Gasteiger partial charge in [-0.15, -0.1) is 0 Å². The minimum absolute atomic E-state index is 0.363. The average Bonchev–Trinajstić information content (AvgIpc) is 2.67. The molecule has 1 aliphatic heterocycles. The molecule has 1 saturated carbocycles. The van der Waals surface area contributed by atoms with E-state index >= 15 is 0 Å². The zero-order chi connectivity index (χ0) is 18.5. The fourth-order valence-electron chi connectivity index (χ4n) is 4.44. The minimum atomic E-state index is 0.363. The van der Waals surface area contributed by atoms with Crippen molar-refractivity contribution in [3.8, 4) is 0 Å². The summed E-state index contributed by atoms with van der Waals surface area (Å²) in [5, 5.41) is 0. The number of likely N-dealkylation sites (tertiary alicyclic amines) is 1. The van der Waals surface area contributed by atoms with Crippen LogP contribution >= 0.6 is 0 Å². The molecule has 0 atom stereocenters. The SMILES string of the molecule is CC(C)OCC1CCN([C@H]2CC[C@H](c3cnc(C(C)C)nc3)CC2)CC1. The summed E-state index contributed by atoms with van der Waals surface area (Å²) < 4.78 is 5.82. The number of ether oxygens (including phenoxy) is 1. The van der Waals surface area contributed by atoms with Crippen LogP contribution in [0.3, 0.4) is 0 Å². The standard InChI is InChI=1S/C22H37N3O/c1-16(2)22-23-13-20(14-24-22)19-5-7-21(8-6-19)25-11-9-18(10-12-25)15-26-17(3)4/h13-14,16-19,21H,5-12,15H2,1-4H3/t19-,21-. The van der Waals surface area contributed by atoms with Crippen molar-refractivity contribution in [2.24, 2.45) is 5.92 Å². The molecule has 3 rings (SSSR count). The van der Waals surface area contributed by atoms with Crippen molar-refractivity contribution in [3.63, 3.8) is 0 Å². The lowest BCUT2D eigenvalue weighted by Gasteiger charge is -2.41. The maximum Gasteiger partial charge on any atom is 0.130 e. The summed E-state index contributed by atoms with van der Waals surface area (Å²) >= 11 is 0. The van der Waals surface area contributed by atoms with E-state index in [2.05, 4.69) is 55.0 Å². The van der Waals surface area contributed by atoms with Crippen molar-refractivity contribution in [2.45, 2.75) is 90.2 Å². The molecule has 1 aromatic rings. The van der Waals surface area contributed by atoms with Crippen LogP contribution in [0.1, 0.15) is 89.4 Å². The molecule has 0 aromatic carbocycles. The van der Waals surface area contributed by atoms with E-state index < -0.39 is 0 Å². The Hall–Kier alpha value is -1.00. The Bertz CT molecular complexity index is 527. The van der Waals surface area contributed by atoms with Crippen molar-refractivity contribution in [1.82, 2.24) is 14.9 Å². The molecule has 2 fully saturated rings. The van der Waals surface area contributed by atoms with Crippen LogP contribution in [0.4, 0.5) is 0 Å². The lowest BCUT2D eigenvalue weighted by Crippen LogP contribution is -2.43. The number of rotatable bonds is 6. The highest BCUT2D eigenvalue weighted by atomic mass is 16.5. The van der Waals surface area contributed by atoms with E-state index in [-0.39, 0.29) is 0 Å². The van der Waals surface area contributed by atoms with Crippen LogP contribution < -0.4 is 0 Å². The lowest BCUT2D eigenvalue weighted by molar-refractivity contribution is 0.0202. The van der Waals surface area contributed by atoms with Gasteiger partial charge >= 0.3 is 0 Å². The fourth-order valence-corrected chi connectivity index (χ4v) is 4.44. The van der Waals surface area contributed by atoms with Gasteiger partial charge in [0.05, 0.1) is 6.10 Å². The molecule has 2 heterocycles. The molecule has 0 spiro atoms. The highest BCUT2D eigenvalue weighted by molar-refractivity contribution is 5.14.